The van der Waals surface area contributed by atoms with Crippen LogP contribution in [0.5, 0.6) is 17.2 Å². The molecule has 0 aliphatic rings. The first-order chi connectivity index (χ1) is 15.0. The van der Waals surface area contributed by atoms with Crippen LogP contribution in [0.1, 0.15) is 28.7 Å². The van der Waals surface area contributed by atoms with Crippen LogP contribution in [0.3, 0.4) is 0 Å². The molecule has 0 fully saturated rings. The quantitative estimate of drug-likeness (QED) is 0.442. The van der Waals surface area contributed by atoms with Gasteiger partial charge in [0.1, 0.15) is 17.2 Å². The van der Waals surface area contributed by atoms with Crippen molar-refractivity contribution in [3.05, 3.63) is 65.6 Å². The zero-order valence-electron chi connectivity index (χ0n) is 17.9. The lowest BCUT2D eigenvalue weighted by molar-refractivity contribution is 0.0949. The van der Waals surface area contributed by atoms with Gasteiger partial charge in [0.15, 0.2) is 5.69 Å². The zero-order valence-corrected chi connectivity index (χ0v) is 17.9. The van der Waals surface area contributed by atoms with E-state index in [2.05, 4.69) is 20.5 Å². The van der Waals surface area contributed by atoms with Crippen molar-refractivity contribution in [2.45, 2.75) is 13.8 Å². The first-order valence-electron chi connectivity index (χ1n) is 9.67. The summed E-state index contributed by atoms with van der Waals surface area (Å²) in [5.74, 6) is 1.56. The van der Waals surface area contributed by atoms with Crippen molar-refractivity contribution in [1.82, 2.24) is 15.4 Å². The van der Waals surface area contributed by atoms with Gasteiger partial charge in [0.25, 0.3) is 5.91 Å². The summed E-state index contributed by atoms with van der Waals surface area (Å²) >= 11 is 0. The second kappa shape index (κ2) is 10.2. The maximum atomic E-state index is 12.6. The topological polar surface area (TPSA) is 94.9 Å². The van der Waals surface area contributed by atoms with Crippen molar-refractivity contribution >= 4 is 12.1 Å². The highest BCUT2D eigenvalue weighted by Crippen LogP contribution is 2.22. The highest BCUT2D eigenvalue weighted by atomic mass is 16.5. The Morgan fingerprint density at radius 1 is 1.06 bits per heavy atom. The van der Waals surface area contributed by atoms with Gasteiger partial charge in [-0.05, 0) is 50.2 Å². The Balaban J connectivity index is 1.76. The van der Waals surface area contributed by atoms with Crippen molar-refractivity contribution in [1.29, 1.82) is 0 Å². The zero-order chi connectivity index (χ0) is 22.2. The van der Waals surface area contributed by atoms with Crippen LogP contribution < -0.4 is 19.6 Å². The lowest BCUT2D eigenvalue weighted by Crippen LogP contribution is -2.21. The molecule has 160 valence electrons. The molecule has 1 heterocycles. The number of benzene rings is 2. The van der Waals surface area contributed by atoms with Gasteiger partial charge in [-0.3, -0.25) is 9.78 Å². The van der Waals surface area contributed by atoms with Gasteiger partial charge >= 0.3 is 0 Å². The van der Waals surface area contributed by atoms with E-state index < -0.39 is 5.91 Å². The second-order valence-electron chi connectivity index (χ2n) is 6.49. The summed E-state index contributed by atoms with van der Waals surface area (Å²) < 4.78 is 15.9. The third-order valence-corrected chi connectivity index (χ3v) is 4.39. The first-order valence-corrected chi connectivity index (χ1v) is 9.67. The van der Waals surface area contributed by atoms with E-state index in [1.165, 1.54) is 6.21 Å². The number of carbonyl (C=O) groups is 1. The summed E-state index contributed by atoms with van der Waals surface area (Å²) in [7, 11) is 3.13. The third kappa shape index (κ3) is 5.57. The molecule has 31 heavy (non-hydrogen) atoms. The van der Waals surface area contributed by atoms with E-state index in [1.54, 1.807) is 45.5 Å². The van der Waals surface area contributed by atoms with Gasteiger partial charge in [0.05, 0.1) is 44.6 Å². The first kappa shape index (κ1) is 21.8. The van der Waals surface area contributed by atoms with E-state index in [-0.39, 0.29) is 5.69 Å². The van der Waals surface area contributed by atoms with E-state index in [4.69, 9.17) is 14.2 Å². The summed E-state index contributed by atoms with van der Waals surface area (Å²) in [5, 5.41) is 4.02. The number of hydrogen-bond donors (Lipinski definition) is 1. The monoisotopic (exact) mass is 420 g/mol. The van der Waals surface area contributed by atoms with Crippen molar-refractivity contribution in [2.75, 3.05) is 20.8 Å². The molecule has 0 saturated heterocycles. The van der Waals surface area contributed by atoms with Gasteiger partial charge in [-0.2, -0.15) is 5.10 Å². The van der Waals surface area contributed by atoms with Gasteiger partial charge in [0.2, 0.25) is 0 Å². The fourth-order valence-electron chi connectivity index (χ4n) is 2.81. The molecule has 0 radical (unpaired) electrons. The number of aryl methyl sites for hydroxylation is 1. The molecule has 3 rings (SSSR count). The van der Waals surface area contributed by atoms with Crippen molar-refractivity contribution < 1.29 is 19.0 Å². The van der Waals surface area contributed by atoms with Crippen molar-refractivity contribution in [2.24, 2.45) is 5.10 Å². The average Bonchev–Trinajstić information content (AvgIpc) is 2.79. The Kier molecular flexibility index (Phi) is 7.16. The number of methoxy groups -OCH3 is 2. The van der Waals surface area contributed by atoms with Crippen molar-refractivity contribution in [3.8, 4) is 28.5 Å². The highest BCUT2D eigenvalue weighted by molar-refractivity contribution is 5.94. The molecule has 1 aromatic heterocycles. The van der Waals surface area contributed by atoms with Crippen LogP contribution in [-0.4, -0.2) is 42.9 Å². The Morgan fingerprint density at radius 2 is 1.74 bits per heavy atom. The molecule has 8 heteroatoms. The van der Waals surface area contributed by atoms with Crippen molar-refractivity contribution in [3.63, 3.8) is 0 Å². The summed E-state index contributed by atoms with van der Waals surface area (Å²) in [4.78, 5) is 21.4. The SMILES string of the molecule is CCOc1ccc(-c2cnc(C)c(C(=O)N/N=C/c3cc(OC)cc(OC)c3)n2)cc1. The molecule has 0 unspecified atom stereocenters. The van der Waals surface area contributed by atoms with Crippen LogP contribution in [0.2, 0.25) is 0 Å². The number of aromatic nitrogens is 2. The number of nitrogens with one attached hydrogen (secondary N) is 1. The standard InChI is InChI=1S/C23H24N4O4/c1-5-31-18-8-6-17(7-9-18)21-14-24-15(2)22(26-21)23(28)27-25-13-16-10-19(29-3)12-20(11-16)30-4/h6-14H,5H2,1-4H3,(H,27,28)/b25-13+. The Bertz CT molecular complexity index is 1060. The number of amides is 1. The lowest BCUT2D eigenvalue weighted by Gasteiger charge is -2.08. The number of carbonyl (C=O) groups excluding carboxylic acids is 1. The summed E-state index contributed by atoms with van der Waals surface area (Å²) in [5.41, 5.74) is 5.32. The Hall–Kier alpha value is -3.94. The third-order valence-electron chi connectivity index (χ3n) is 4.39. The average molecular weight is 420 g/mol. The van der Waals surface area contributed by atoms with Crippen LogP contribution in [-0.2, 0) is 0 Å². The van der Waals surface area contributed by atoms with Crippen LogP contribution in [0.4, 0.5) is 0 Å². The summed E-state index contributed by atoms with van der Waals surface area (Å²) in [6.07, 6.45) is 3.13. The molecule has 0 aliphatic carbocycles. The molecule has 3 aromatic rings. The van der Waals surface area contributed by atoms with Gasteiger partial charge in [0, 0.05) is 17.2 Å². The molecular weight excluding hydrogens is 396 g/mol. The van der Waals surface area contributed by atoms with Crippen LogP contribution in [0.25, 0.3) is 11.3 Å². The minimum Gasteiger partial charge on any atom is -0.497 e. The minimum atomic E-state index is -0.455. The van der Waals surface area contributed by atoms with E-state index in [9.17, 15) is 4.79 Å². The van der Waals surface area contributed by atoms with Gasteiger partial charge in [-0.1, -0.05) is 0 Å². The van der Waals surface area contributed by atoms with E-state index >= 15 is 0 Å². The van der Waals surface area contributed by atoms with Crippen LogP contribution >= 0.6 is 0 Å². The van der Waals surface area contributed by atoms with Gasteiger partial charge in [-0.15, -0.1) is 0 Å². The fraction of sp³-hybridized carbons (Fsp3) is 0.217. The molecular formula is C23H24N4O4. The van der Waals surface area contributed by atoms with Gasteiger partial charge < -0.3 is 14.2 Å². The number of hydrazone groups is 1. The number of nitrogens with zero attached hydrogens (tertiary/aromatic N) is 3. The molecule has 0 atom stereocenters. The normalized spacial score (nSPS) is 10.7. The lowest BCUT2D eigenvalue weighted by atomic mass is 10.1. The van der Waals surface area contributed by atoms with Gasteiger partial charge in [-0.25, -0.2) is 10.4 Å². The predicted octanol–water partition coefficient (Wildman–Crippen LogP) is 3.63. The fourth-order valence-corrected chi connectivity index (χ4v) is 2.81. The molecule has 1 amide bonds. The van der Waals surface area contributed by atoms with E-state index in [0.717, 1.165) is 11.3 Å². The van der Waals surface area contributed by atoms with E-state index in [0.29, 0.717) is 35.1 Å². The second-order valence-corrected chi connectivity index (χ2v) is 6.49. The number of rotatable bonds is 8. The maximum absolute atomic E-state index is 12.6. The summed E-state index contributed by atoms with van der Waals surface area (Å²) in [6.45, 7) is 4.25. The van der Waals surface area contributed by atoms with E-state index in [1.807, 2.05) is 31.2 Å². The minimum absolute atomic E-state index is 0.201. The summed E-state index contributed by atoms with van der Waals surface area (Å²) in [6, 6.07) is 12.8. The Morgan fingerprint density at radius 3 is 2.35 bits per heavy atom. The maximum Gasteiger partial charge on any atom is 0.291 e. The number of hydrogen-bond acceptors (Lipinski definition) is 7. The predicted molar refractivity (Wildman–Crippen MR) is 118 cm³/mol. The molecule has 2 aromatic carbocycles. The van der Waals surface area contributed by atoms with Crippen LogP contribution in [0.15, 0.2) is 53.8 Å². The molecule has 0 saturated carbocycles. The molecule has 0 aliphatic heterocycles. The molecule has 0 spiro atoms. The smallest absolute Gasteiger partial charge is 0.291 e. The highest BCUT2D eigenvalue weighted by Gasteiger charge is 2.13. The number of ether oxygens (including phenoxy) is 3. The molecule has 1 N–H and O–H groups in total. The molecule has 0 bridgehead atoms. The van der Waals surface area contributed by atoms with Crippen LogP contribution in [0, 0.1) is 6.92 Å². The molecule has 8 nitrogen and oxygen atoms in total. The largest absolute Gasteiger partial charge is 0.497 e. The Labute approximate surface area is 180 Å².